The minimum atomic E-state index is -0.343. The number of carbonyl (C=O) groups is 1. The molecule has 4 rings (SSSR count). The number of nitrogens with zero attached hydrogens (tertiary/aromatic N) is 2. The third-order valence-electron chi connectivity index (χ3n) is 5.53. The summed E-state index contributed by atoms with van der Waals surface area (Å²) in [5.41, 5.74) is -0.343. The van der Waals surface area contributed by atoms with Crippen molar-refractivity contribution in [1.82, 2.24) is 9.80 Å². The van der Waals surface area contributed by atoms with Crippen LogP contribution in [-0.2, 0) is 14.2 Å². The van der Waals surface area contributed by atoms with Crippen LogP contribution in [-0.4, -0.2) is 86.7 Å². The number of piperidine rings is 1. The van der Waals surface area contributed by atoms with Crippen molar-refractivity contribution in [3.05, 3.63) is 30.3 Å². The van der Waals surface area contributed by atoms with Gasteiger partial charge in [-0.15, -0.1) is 0 Å². The monoisotopic (exact) mass is 376 g/mol. The molecule has 7 heteroatoms. The quantitative estimate of drug-likeness (QED) is 0.754. The van der Waals surface area contributed by atoms with Gasteiger partial charge in [0.2, 0.25) is 0 Å². The number of rotatable bonds is 6. The second-order valence-corrected chi connectivity index (χ2v) is 7.50. The summed E-state index contributed by atoms with van der Waals surface area (Å²) >= 11 is 0. The van der Waals surface area contributed by atoms with Crippen LogP contribution in [0, 0.1) is 0 Å². The van der Waals surface area contributed by atoms with Crippen molar-refractivity contribution in [2.45, 2.75) is 24.5 Å². The maximum Gasteiger partial charge on any atom is 0.410 e. The van der Waals surface area contributed by atoms with Crippen LogP contribution in [0.2, 0.25) is 0 Å². The number of amides is 1. The maximum absolute atomic E-state index is 12.3. The van der Waals surface area contributed by atoms with Gasteiger partial charge in [-0.3, -0.25) is 0 Å². The highest BCUT2D eigenvalue weighted by atomic mass is 16.6. The topological polar surface area (TPSA) is 60.5 Å². The van der Waals surface area contributed by atoms with Crippen LogP contribution in [0.5, 0.6) is 5.75 Å². The van der Waals surface area contributed by atoms with E-state index in [0.29, 0.717) is 39.5 Å². The molecule has 0 N–H and O–H groups in total. The first-order chi connectivity index (χ1) is 13.2. The van der Waals surface area contributed by atoms with Crippen LogP contribution in [0.15, 0.2) is 30.3 Å². The Labute approximate surface area is 160 Å². The lowest BCUT2D eigenvalue weighted by atomic mass is 9.91. The predicted octanol–water partition coefficient (Wildman–Crippen LogP) is 1.77. The SMILES string of the molecule is O=C1OC2(CCN(C[C@@H]3COCCO3)CC2)CN1CCOc1ccccc1. The molecule has 1 aromatic rings. The lowest BCUT2D eigenvalue weighted by Crippen LogP contribution is -2.50. The Morgan fingerprint density at radius 1 is 1.15 bits per heavy atom. The first-order valence-corrected chi connectivity index (χ1v) is 9.80. The Morgan fingerprint density at radius 2 is 1.96 bits per heavy atom. The molecule has 3 saturated heterocycles. The zero-order chi connectivity index (χ0) is 18.5. The number of hydrogen-bond acceptors (Lipinski definition) is 6. The van der Waals surface area contributed by atoms with Crippen molar-refractivity contribution in [1.29, 1.82) is 0 Å². The molecule has 0 aliphatic carbocycles. The van der Waals surface area contributed by atoms with Gasteiger partial charge >= 0.3 is 6.09 Å². The summed E-state index contributed by atoms with van der Waals surface area (Å²) in [6.07, 6.45) is 1.67. The van der Waals surface area contributed by atoms with Gasteiger partial charge in [0.25, 0.3) is 0 Å². The number of likely N-dealkylation sites (tertiary alicyclic amines) is 1. The van der Waals surface area contributed by atoms with Gasteiger partial charge in [-0.05, 0) is 12.1 Å². The molecule has 0 aromatic heterocycles. The lowest BCUT2D eigenvalue weighted by molar-refractivity contribution is -0.103. The maximum atomic E-state index is 12.3. The molecule has 1 amide bonds. The molecule has 0 unspecified atom stereocenters. The molecular formula is C20H28N2O5. The number of benzene rings is 1. The highest BCUT2D eigenvalue weighted by Crippen LogP contribution is 2.33. The van der Waals surface area contributed by atoms with Crippen LogP contribution in [0.1, 0.15) is 12.8 Å². The molecule has 0 saturated carbocycles. The number of para-hydroxylation sites is 1. The first-order valence-electron chi connectivity index (χ1n) is 9.80. The predicted molar refractivity (Wildman–Crippen MR) is 99.0 cm³/mol. The zero-order valence-electron chi connectivity index (χ0n) is 15.7. The van der Waals surface area contributed by atoms with Gasteiger partial charge < -0.3 is 28.7 Å². The van der Waals surface area contributed by atoms with E-state index in [1.54, 1.807) is 4.90 Å². The zero-order valence-corrected chi connectivity index (χ0v) is 15.7. The fraction of sp³-hybridized carbons (Fsp3) is 0.650. The molecule has 3 heterocycles. The minimum absolute atomic E-state index is 0.158. The second kappa shape index (κ2) is 8.46. The molecule has 3 fully saturated rings. The van der Waals surface area contributed by atoms with Crippen molar-refractivity contribution < 1.29 is 23.7 Å². The van der Waals surface area contributed by atoms with Crippen LogP contribution >= 0.6 is 0 Å². The molecule has 27 heavy (non-hydrogen) atoms. The van der Waals surface area contributed by atoms with E-state index < -0.39 is 0 Å². The van der Waals surface area contributed by atoms with E-state index in [1.165, 1.54) is 0 Å². The summed E-state index contributed by atoms with van der Waals surface area (Å²) in [7, 11) is 0. The van der Waals surface area contributed by atoms with E-state index in [4.69, 9.17) is 18.9 Å². The molecule has 0 radical (unpaired) electrons. The van der Waals surface area contributed by atoms with Gasteiger partial charge in [0, 0.05) is 32.5 Å². The van der Waals surface area contributed by atoms with E-state index in [-0.39, 0.29) is 17.8 Å². The smallest absolute Gasteiger partial charge is 0.410 e. The number of ether oxygens (including phenoxy) is 4. The summed E-state index contributed by atoms with van der Waals surface area (Å²) in [6.45, 7) is 6.45. The largest absolute Gasteiger partial charge is 0.492 e. The molecule has 3 aliphatic heterocycles. The van der Waals surface area contributed by atoms with E-state index in [1.807, 2.05) is 30.3 Å². The highest BCUT2D eigenvalue weighted by molar-refractivity contribution is 5.70. The standard InChI is InChI=1S/C20H28N2O5/c23-19-22(10-11-25-17-4-2-1-3-5-17)16-20(27-19)6-8-21(9-7-20)14-18-15-24-12-13-26-18/h1-5,18H,6-16H2/t18-/m1/s1. The van der Waals surface area contributed by atoms with Crippen molar-refractivity contribution in [3.63, 3.8) is 0 Å². The van der Waals surface area contributed by atoms with Crippen LogP contribution in [0.3, 0.4) is 0 Å². The fourth-order valence-electron chi connectivity index (χ4n) is 3.99. The Balaban J connectivity index is 1.21. The molecule has 1 spiro atoms. The Hall–Kier alpha value is -1.83. The average molecular weight is 376 g/mol. The Kier molecular flexibility index (Phi) is 5.80. The van der Waals surface area contributed by atoms with Crippen molar-refractivity contribution in [2.24, 2.45) is 0 Å². The highest BCUT2D eigenvalue weighted by Gasteiger charge is 2.46. The minimum Gasteiger partial charge on any atom is -0.492 e. The van der Waals surface area contributed by atoms with Gasteiger partial charge in [-0.25, -0.2) is 4.79 Å². The van der Waals surface area contributed by atoms with Crippen LogP contribution in [0.25, 0.3) is 0 Å². The Morgan fingerprint density at radius 3 is 2.70 bits per heavy atom. The average Bonchev–Trinajstić information content (AvgIpc) is 3.01. The molecule has 0 bridgehead atoms. The van der Waals surface area contributed by atoms with Gasteiger partial charge in [0.1, 0.15) is 18.0 Å². The second-order valence-electron chi connectivity index (χ2n) is 7.50. The van der Waals surface area contributed by atoms with Gasteiger partial charge in [0.05, 0.1) is 39.0 Å². The number of hydrogen-bond donors (Lipinski definition) is 0. The van der Waals surface area contributed by atoms with Gasteiger partial charge in [0.15, 0.2) is 0 Å². The van der Waals surface area contributed by atoms with E-state index in [0.717, 1.165) is 38.2 Å². The molecule has 3 aliphatic rings. The van der Waals surface area contributed by atoms with E-state index in [9.17, 15) is 4.79 Å². The van der Waals surface area contributed by atoms with Crippen molar-refractivity contribution >= 4 is 6.09 Å². The summed E-state index contributed by atoms with van der Waals surface area (Å²) in [6, 6.07) is 9.66. The van der Waals surface area contributed by atoms with Crippen LogP contribution in [0.4, 0.5) is 4.79 Å². The summed E-state index contributed by atoms with van der Waals surface area (Å²) in [5.74, 6) is 0.821. The van der Waals surface area contributed by atoms with E-state index >= 15 is 0 Å². The lowest BCUT2D eigenvalue weighted by Gasteiger charge is -2.39. The Bertz CT molecular complexity index is 612. The summed E-state index contributed by atoms with van der Waals surface area (Å²) < 4.78 is 22.7. The fourth-order valence-corrected chi connectivity index (χ4v) is 3.99. The molecule has 7 nitrogen and oxygen atoms in total. The first kappa shape index (κ1) is 18.5. The van der Waals surface area contributed by atoms with Crippen LogP contribution < -0.4 is 4.74 Å². The third kappa shape index (κ3) is 4.72. The molecule has 148 valence electrons. The molecule has 1 atom stereocenters. The van der Waals surface area contributed by atoms with Gasteiger partial charge in [-0.1, -0.05) is 18.2 Å². The number of carbonyl (C=O) groups excluding carboxylic acids is 1. The molecule has 1 aromatic carbocycles. The summed E-state index contributed by atoms with van der Waals surface area (Å²) in [4.78, 5) is 16.4. The van der Waals surface area contributed by atoms with Crippen molar-refractivity contribution in [2.75, 3.05) is 59.2 Å². The van der Waals surface area contributed by atoms with Crippen molar-refractivity contribution in [3.8, 4) is 5.75 Å². The normalized spacial score (nSPS) is 25.6. The van der Waals surface area contributed by atoms with Gasteiger partial charge in [-0.2, -0.15) is 0 Å². The van der Waals surface area contributed by atoms with E-state index in [2.05, 4.69) is 4.90 Å². The summed E-state index contributed by atoms with van der Waals surface area (Å²) in [5, 5.41) is 0. The molecular weight excluding hydrogens is 348 g/mol. The third-order valence-corrected chi connectivity index (χ3v) is 5.53.